The van der Waals surface area contributed by atoms with Crippen molar-refractivity contribution in [1.29, 1.82) is 0 Å². The fourth-order valence-electron chi connectivity index (χ4n) is 2.89. The quantitative estimate of drug-likeness (QED) is 0.451. The van der Waals surface area contributed by atoms with E-state index in [4.69, 9.17) is 9.47 Å². The highest BCUT2D eigenvalue weighted by molar-refractivity contribution is 7.61. The largest absolute Gasteiger partial charge is 0.497 e. The van der Waals surface area contributed by atoms with Crippen LogP contribution in [0, 0.1) is 0 Å². The Balaban J connectivity index is 2.80. The molecule has 0 radical (unpaired) electrons. The van der Waals surface area contributed by atoms with Gasteiger partial charge in [0.1, 0.15) is 38.7 Å². The number of hydrogen-bond donors (Lipinski definition) is 0. The van der Waals surface area contributed by atoms with Crippen LogP contribution in [0.4, 0.5) is 0 Å². The molecule has 0 aliphatic heterocycles. The van der Waals surface area contributed by atoms with Gasteiger partial charge >= 0.3 is 0 Å². The van der Waals surface area contributed by atoms with Crippen molar-refractivity contribution in [3.05, 3.63) is 65.1 Å². The molecule has 146 valence electrons. The van der Waals surface area contributed by atoms with E-state index in [1.165, 1.54) is 11.0 Å². The molecule has 0 spiro atoms. The minimum Gasteiger partial charge on any atom is -0.497 e. The lowest BCUT2D eigenvalue weighted by Gasteiger charge is -2.17. The minimum atomic E-state index is -0.619. The zero-order chi connectivity index (χ0) is 20.7. The average molecular weight is 431 g/mol. The van der Waals surface area contributed by atoms with Gasteiger partial charge < -0.3 is 9.47 Å². The summed E-state index contributed by atoms with van der Waals surface area (Å²) in [7, 11) is 3.25. The highest BCUT2D eigenvalue weighted by atomic mass is 31.1. The van der Waals surface area contributed by atoms with Crippen LogP contribution in [0.25, 0.3) is 5.57 Å². The van der Waals surface area contributed by atoms with E-state index in [9.17, 15) is 0 Å². The first-order chi connectivity index (χ1) is 13.4. The summed E-state index contributed by atoms with van der Waals surface area (Å²) < 4.78 is 13.1. The van der Waals surface area contributed by atoms with E-state index in [1.807, 2.05) is 24.3 Å². The van der Waals surface area contributed by atoms with Gasteiger partial charge in [0.2, 0.25) is 7.70 Å². The molecular formula is C22H28NO2P3+2. The van der Waals surface area contributed by atoms with Crippen molar-refractivity contribution in [2.24, 2.45) is 0 Å². The Morgan fingerprint density at radius 2 is 1.32 bits per heavy atom. The average Bonchev–Trinajstić information content (AvgIpc) is 2.70. The van der Waals surface area contributed by atoms with Crippen LogP contribution in [0.15, 0.2) is 54.0 Å². The van der Waals surface area contributed by atoms with Crippen molar-refractivity contribution in [1.82, 2.24) is 4.67 Å². The summed E-state index contributed by atoms with van der Waals surface area (Å²) in [4.78, 5) is 0. The maximum atomic E-state index is 5.35. The first-order valence-corrected chi connectivity index (χ1v) is 13.9. The number of rotatable bonds is 9. The summed E-state index contributed by atoms with van der Waals surface area (Å²) in [6, 6.07) is 16.4. The van der Waals surface area contributed by atoms with Crippen LogP contribution < -0.4 is 9.47 Å². The Morgan fingerprint density at radius 3 is 1.61 bits per heavy atom. The Hall–Kier alpha value is -1.91. The highest BCUT2D eigenvalue weighted by Gasteiger charge is 2.31. The lowest BCUT2D eigenvalue weighted by atomic mass is 9.98. The van der Waals surface area contributed by atoms with E-state index in [-0.39, 0.29) is 0 Å². The van der Waals surface area contributed by atoms with Crippen LogP contribution in [0.1, 0.15) is 11.1 Å². The Labute approximate surface area is 172 Å². The van der Waals surface area contributed by atoms with E-state index in [2.05, 4.69) is 61.2 Å². The zero-order valence-corrected chi connectivity index (χ0v) is 19.7. The van der Waals surface area contributed by atoms with Crippen LogP contribution in [-0.2, 0) is 0 Å². The van der Waals surface area contributed by atoms with Gasteiger partial charge in [-0.1, -0.05) is 38.8 Å². The van der Waals surface area contributed by atoms with E-state index < -0.39 is 15.2 Å². The Kier molecular flexibility index (Phi) is 8.46. The van der Waals surface area contributed by atoms with E-state index >= 15 is 0 Å². The SMILES string of the molecule is C=PCN(C(=C(c1ccc(OC)cc1)c1ccc(OC)cc1)[P+](=C)C)[P+](=C)C. The predicted octanol–water partition coefficient (Wildman–Crippen LogP) is 6.06. The van der Waals surface area contributed by atoms with Crippen LogP contribution in [0.5, 0.6) is 11.5 Å². The first kappa shape index (κ1) is 22.4. The van der Waals surface area contributed by atoms with Crippen molar-refractivity contribution in [2.75, 3.05) is 33.8 Å². The highest BCUT2D eigenvalue weighted by Crippen LogP contribution is 2.46. The maximum absolute atomic E-state index is 5.35. The van der Waals surface area contributed by atoms with Gasteiger partial charge in [0.15, 0.2) is 0 Å². The molecule has 0 N–H and O–H groups in total. The van der Waals surface area contributed by atoms with E-state index in [0.29, 0.717) is 0 Å². The predicted molar refractivity (Wildman–Crippen MR) is 133 cm³/mol. The summed E-state index contributed by atoms with van der Waals surface area (Å²) >= 11 is 0. The van der Waals surface area contributed by atoms with Gasteiger partial charge in [-0.15, -0.1) is 0 Å². The molecule has 0 aliphatic rings. The molecule has 2 aromatic carbocycles. The van der Waals surface area contributed by atoms with Crippen molar-refractivity contribution in [3.8, 4) is 11.5 Å². The number of benzene rings is 2. The molecule has 28 heavy (non-hydrogen) atoms. The third-order valence-electron chi connectivity index (χ3n) is 4.23. The fraction of sp³-hybridized carbons (Fsp3) is 0.227. The molecule has 0 saturated heterocycles. The summed E-state index contributed by atoms with van der Waals surface area (Å²) in [6.07, 6.45) is 13.7. The molecule has 2 rings (SSSR count). The van der Waals surface area contributed by atoms with Crippen molar-refractivity contribution < 1.29 is 9.47 Å². The molecule has 0 heterocycles. The molecule has 2 unspecified atom stereocenters. The van der Waals surface area contributed by atoms with Crippen molar-refractivity contribution in [2.45, 2.75) is 0 Å². The Bertz CT molecular complexity index is 838. The van der Waals surface area contributed by atoms with E-state index in [1.54, 1.807) is 14.2 Å². The van der Waals surface area contributed by atoms with Crippen LogP contribution >= 0.6 is 23.4 Å². The molecule has 2 aromatic rings. The number of methoxy groups -OCH3 is 2. The van der Waals surface area contributed by atoms with Gasteiger partial charge in [-0.25, -0.2) is 0 Å². The Morgan fingerprint density at radius 1 is 0.893 bits per heavy atom. The molecule has 0 aromatic heterocycles. The lowest BCUT2D eigenvalue weighted by molar-refractivity contribution is 0.414. The first-order valence-electron chi connectivity index (χ1n) is 8.74. The normalized spacial score (nSPS) is 11.6. The fourth-order valence-corrected chi connectivity index (χ4v) is 6.91. The van der Waals surface area contributed by atoms with Crippen molar-refractivity contribution >= 4 is 47.9 Å². The number of hydrogen-bond acceptors (Lipinski definition) is 3. The summed E-state index contributed by atoms with van der Waals surface area (Å²) in [5.74, 6) is 1.69. The molecule has 0 bridgehead atoms. The van der Waals surface area contributed by atoms with Gasteiger partial charge in [0.25, 0.3) is 5.44 Å². The summed E-state index contributed by atoms with van der Waals surface area (Å²) in [6.45, 7) is 4.38. The maximum Gasteiger partial charge on any atom is 0.260 e. The molecule has 3 nitrogen and oxygen atoms in total. The topological polar surface area (TPSA) is 21.7 Å². The smallest absolute Gasteiger partial charge is 0.260 e. The number of nitrogens with zero attached hydrogens (tertiary/aromatic N) is 1. The molecule has 6 heteroatoms. The van der Waals surface area contributed by atoms with Gasteiger partial charge in [0.05, 0.1) is 32.4 Å². The third-order valence-corrected chi connectivity index (χ3v) is 7.45. The van der Waals surface area contributed by atoms with Gasteiger partial charge in [-0.2, -0.15) is 4.67 Å². The lowest BCUT2D eigenvalue weighted by Crippen LogP contribution is -2.13. The molecule has 0 saturated carbocycles. The third kappa shape index (κ3) is 5.33. The molecule has 0 amide bonds. The number of ether oxygens (including phenoxy) is 2. The van der Waals surface area contributed by atoms with Gasteiger partial charge in [-0.05, 0) is 35.4 Å². The molecule has 2 atom stereocenters. The monoisotopic (exact) mass is 431 g/mol. The van der Waals surface area contributed by atoms with Crippen LogP contribution in [0.2, 0.25) is 0 Å². The minimum absolute atomic E-state index is 0.568. The van der Waals surface area contributed by atoms with Gasteiger partial charge in [0, 0.05) is 0 Å². The second kappa shape index (κ2) is 10.6. The molecule has 0 fully saturated rings. The van der Waals surface area contributed by atoms with E-state index in [0.717, 1.165) is 37.1 Å². The molecule has 0 aliphatic carbocycles. The van der Waals surface area contributed by atoms with Crippen molar-refractivity contribution in [3.63, 3.8) is 0 Å². The second-order valence-electron chi connectivity index (χ2n) is 6.28. The van der Waals surface area contributed by atoms with Gasteiger partial charge in [-0.3, -0.25) is 0 Å². The standard InChI is InChI=1S/C22H28NO2P3/c1-24-19-12-8-17(9-13-19)21(18-10-14-20(25-2)15-11-18)22(27(4)5)23(16-26-3)28(6)7/h8-15H,3-4,6,16H2,1-2,5,7H3/q+2. The second-order valence-corrected chi connectivity index (χ2v) is 10.6. The molecular weight excluding hydrogens is 403 g/mol. The van der Waals surface area contributed by atoms with Crippen LogP contribution in [0.3, 0.4) is 0 Å². The zero-order valence-electron chi connectivity index (χ0n) is 17.1. The van der Waals surface area contributed by atoms with Crippen LogP contribution in [-0.4, -0.2) is 57.4 Å². The summed E-state index contributed by atoms with van der Waals surface area (Å²) in [5.41, 5.74) is 4.73. The summed E-state index contributed by atoms with van der Waals surface area (Å²) in [5, 5.41) is 0.